The van der Waals surface area contributed by atoms with Crippen LogP contribution in [0.5, 0.6) is 0 Å². The summed E-state index contributed by atoms with van der Waals surface area (Å²) in [6.07, 6.45) is 9.14. The lowest BCUT2D eigenvalue weighted by Gasteiger charge is -2.14. The van der Waals surface area contributed by atoms with E-state index in [4.69, 9.17) is 0 Å². The summed E-state index contributed by atoms with van der Waals surface area (Å²) in [5, 5.41) is 0. The molecule has 17 heavy (non-hydrogen) atoms. The molecule has 0 saturated heterocycles. The van der Waals surface area contributed by atoms with Crippen molar-refractivity contribution < 1.29 is 0 Å². The van der Waals surface area contributed by atoms with Crippen LogP contribution in [-0.2, 0) is 0 Å². The van der Waals surface area contributed by atoms with Crippen molar-refractivity contribution in [3.05, 3.63) is 23.8 Å². The number of rotatable bonds is 4. The summed E-state index contributed by atoms with van der Waals surface area (Å²) in [6, 6.07) is 0. The van der Waals surface area contributed by atoms with Crippen molar-refractivity contribution in [2.75, 3.05) is 20.1 Å². The molecule has 1 aliphatic rings. The van der Waals surface area contributed by atoms with Gasteiger partial charge in [0.1, 0.15) is 0 Å². The molecule has 1 rings (SSSR count). The summed E-state index contributed by atoms with van der Waals surface area (Å²) in [6.45, 7) is 13.6. The third-order valence-corrected chi connectivity index (χ3v) is 3.09. The third-order valence-electron chi connectivity index (χ3n) is 3.09. The Hall–Kier alpha value is -0.560. The van der Waals surface area contributed by atoms with Gasteiger partial charge in [0.05, 0.1) is 0 Å². The third kappa shape index (κ3) is 10.3. The van der Waals surface area contributed by atoms with E-state index in [1.54, 1.807) is 0 Å². The number of hydrogen-bond acceptors (Lipinski definition) is 1. The Balaban J connectivity index is 0.000000302. The molecule has 0 bridgehead atoms. The van der Waals surface area contributed by atoms with Gasteiger partial charge in [0.2, 0.25) is 0 Å². The van der Waals surface area contributed by atoms with E-state index >= 15 is 0 Å². The van der Waals surface area contributed by atoms with Crippen LogP contribution < -0.4 is 0 Å². The molecule has 0 radical (unpaired) electrons. The van der Waals surface area contributed by atoms with Crippen molar-refractivity contribution in [2.45, 2.75) is 47.5 Å². The zero-order valence-corrected chi connectivity index (χ0v) is 12.7. The molecule has 0 saturated carbocycles. The highest BCUT2D eigenvalue weighted by Gasteiger charge is 2.00. The Bertz CT molecular complexity index is 238. The standard InChI is InChI=1S/C8H19N.C8H12/c1-5-9(4)7-6-8(2)3;1-7-4-3-5-8(2)6-7/h8H,5-7H2,1-4H3;3-5,7H,6H2,1-2H3. The van der Waals surface area contributed by atoms with Gasteiger partial charge in [0.15, 0.2) is 0 Å². The van der Waals surface area contributed by atoms with Crippen LogP contribution in [-0.4, -0.2) is 25.0 Å². The van der Waals surface area contributed by atoms with Gasteiger partial charge in [0, 0.05) is 0 Å². The zero-order valence-electron chi connectivity index (χ0n) is 12.7. The molecule has 0 spiro atoms. The molecule has 0 fully saturated rings. The molecule has 1 nitrogen and oxygen atoms in total. The normalized spacial score (nSPS) is 19.1. The summed E-state index contributed by atoms with van der Waals surface area (Å²) >= 11 is 0. The van der Waals surface area contributed by atoms with Crippen LogP contribution in [0.1, 0.15) is 47.5 Å². The second-order valence-corrected chi connectivity index (χ2v) is 5.66. The highest BCUT2D eigenvalue weighted by molar-refractivity contribution is 5.17. The minimum absolute atomic E-state index is 0.764. The van der Waals surface area contributed by atoms with Gasteiger partial charge in [-0.1, -0.05) is 51.5 Å². The molecule has 1 atom stereocenters. The van der Waals surface area contributed by atoms with Crippen LogP contribution in [0.3, 0.4) is 0 Å². The molecule has 0 amide bonds. The van der Waals surface area contributed by atoms with E-state index in [-0.39, 0.29) is 0 Å². The predicted molar refractivity (Wildman–Crippen MR) is 79.3 cm³/mol. The van der Waals surface area contributed by atoms with Gasteiger partial charge in [-0.05, 0) is 51.7 Å². The van der Waals surface area contributed by atoms with Crippen LogP contribution in [0.25, 0.3) is 0 Å². The Morgan fingerprint density at radius 3 is 2.41 bits per heavy atom. The van der Waals surface area contributed by atoms with Gasteiger partial charge < -0.3 is 4.90 Å². The first kappa shape index (κ1) is 16.4. The largest absolute Gasteiger partial charge is 0.307 e. The van der Waals surface area contributed by atoms with Crippen molar-refractivity contribution in [2.24, 2.45) is 11.8 Å². The van der Waals surface area contributed by atoms with E-state index in [9.17, 15) is 0 Å². The molecule has 0 aliphatic heterocycles. The molecule has 0 heterocycles. The van der Waals surface area contributed by atoms with Crippen molar-refractivity contribution in [1.29, 1.82) is 0 Å². The van der Waals surface area contributed by atoms with Crippen LogP contribution in [0.4, 0.5) is 0 Å². The monoisotopic (exact) mass is 237 g/mol. The Morgan fingerprint density at radius 2 is 2.06 bits per heavy atom. The molecule has 1 aliphatic carbocycles. The maximum absolute atomic E-state index is 2.35. The molecule has 1 unspecified atom stereocenters. The zero-order chi connectivity index (χ0) is 13.3. The fourth-order valence-electron chi connectivity index (χ4n) is 1.69. The summed E-state index contributed by atoms with van der Waals surface area (Å²) in [5.41, 5.74) is 1.50. The Kier molecular flexibility index (Phi) is 9.16. The summed E-state index contributed by atoms with van der Waals surface area (Å²) in [4.78, 5) is 2.35. The van der Waals surface area contributed by atoms with Gasteiger partial charge in [-0.2, -0.15) is 0 Å². The second kappa shape index (κ2) is 9.47. The van der Waals surface area contributed by atoms with Crippen LogP contribution in [0.2, 0.25) is 0 Å². The molecule has 0 N–H and O–H groups in total. The Labute approximate surface area is 109 Å². The first-order valence-electron chi connectivity index (χ1n) is 6.98. The van der Waals surface area contributed by atoms with E-state index in [0.29, 0.717) is 0 Å². The van der Waals surface area contributed by atoms with Gasteiger partial charge in [0.25, 0.3) is 0 Å². The molecule has 1 heteroatoms. The second-order valence-electron chi connectivity index (χ2n) is 5.66. The van der Waals surface area contributed by atoms with Crippen molar-refractivity contribution in [3.63, 3.8) is 0 Å². The molecular formula is C16H31N. The average Bonchev–Trinajstić information content (AvgIpc) is 2.26. The van der Waals surface area contributed by atoms with E-state index in [2.05, 4.69) is 64.8 Å². The van der Waals surface area contributed by atoms with Crippen molar-refractivity contribution in [1.82, 2.24) is 4.90 Å². The summed E-state index contributed by atoms with van der Waals surface area (Å²) in [7, 11) is 2.17. The number of nitrogens with zero attached hydrogens (tertiary/aromatic N) is 1. The summed E-state index contributed by atoms with van der Waals surface area (Å²) < 4.78 is 0. The fraction of sp³-hybridized carbons (Fsp3) is 0.750. The average molecular weight is 237 g/mol. The van der Waals surface area contributed by atoms with Gasteiger partial charge >= 0.3 is 0 Å². The highest BCUT2D eigenvalue weighted by Crippen LogP contribution is 2.16. The molecule has 0 aromatic rings. The lowest BCUT2D eigenvalue weighted by Crippen LogP contribution is -2.19. The lowest BCUT2D eigenvalue weighted by atomic mass is 9.97. The van der Waals surface area contributed by atoms with Gasteiger partial charge in [-0.25, -0.2) is 0 Å². The molecule has 0 aromatic carbocycles. The maximum Gasteiger partial charge on any atom is -0.00195 e. The van der Waals surface area contributed by atoms with E-state index in [0.717, 1.165) is 11.8 Å². The summed E-state index contributed by atoms with van der Waals surface area (Å²) in [5.74, 6) is 1.61. The molecular weight excluding hydrogens is 206 g/mol. The predicted octanol–water partition coefficient (Wildman–Crippen LogP) is 4.51. The SMILES string of the molecule is CC1=CC=CC(C)C1.CCN(C)CCC(C)C. The number of hydrogen-bond donors (Lipinski definition) is 0. The first-order chi connectivity index (χ1) is 7.95. The molecule has 0 aromatic heterocycles. The number of allylic oxidation sites excluding steroid dienone is 4. The van der Waals surface area contributed by atoms with Crippen LogP contribution in [0.15, 0.2) is 23.8 Å². The van der Waals surface area contributed by atoms with Gasteiger partial charge in [-0.15, -0.1) is 0 Å². The minimum Gasteiger partial charge on any atom is -0.307 e. The maximum atomic E-state index is 2.35. The lowest BCUT2D eigenvalue weighted by molar-refractivity contribution is 0.326. The Morgan fingerprint density at radius 1 is 1.41 bits per heavy atom. The van der Waals surface area contributed by atoms with E-state index < -0.39 is 0 Å². The van der Waals surface area contributed by atoms with Crippen LogP contribution >= 0.6 is 0 Å². The smallest absolute Gasteiger partial charge is 0.00195 e. The van der Waals surface area contributed by atoms with Crippen molar-refractivity contribution in [3.8, 4) is 0 Å². The van der Waals surface area contributed by atoms with E-state index in [1.807, 2.05) is 0 Å². The van der Waals surface area contributed by atoms with Gasteiger partial charge in [-0.3, -0.25) is 0 Å². The van der Waals surface area contributed by atoms with Crippen LogP contribution in [0, 0.1) is 11.8 Å². The fourth-order valence-corrected chi connectivity index (χ4v) is 1.69. The first-order valence-corrected chi connectivity index (χ1v) is 6.98. The topological polar surface area (TPSA) is 3.24 Å². The molecule has 100 valence electrons. The van der Waals surface area contributed by atoms with Crippen molar-refractivity contribution >= 4 is 0 Å². The highest BCUT2D eigenvalue weighted by atomic mass is 15.1. The minimum atomic E-state index is 0.764. The quantitative estimate of drug-likeness (QED) is 0.695. The van der Waals surface area contributed by atoms with E-state index in [1.165, 1.54) is 31.5 Å².